The van der Waals surface area contributed by atoms with Crippen molar-refractivity contribution in [1.29, 1.82) is 0 Å². The molecule has 0 aliphatic heterocycles. The number of hydrogen-bond acceptors (Lipinski definition) is 4. The van der Waals surface area contributed by atoms with Crippen molar-refractivity contribution in [2.75, 3.05) is 7.11 Å². The molecule has 0 unspecified atom stereocenters. The van der Waals surface area contributed by atoms with E-state index in [9.17, 15) is 14.7 Å². The number of methoxy groups -OCH3 is 1. The molecule has 1 aromatic rings. The third-order valence-electron chi connectivity index (χ3n) is 2.81. The molecule has 18 heavy (non-hydrogen) atoms. The van der Waals surface area contributed by atoms with Crippen LogP contribution in [0.15, 0.2) is 12.1 Å². The quantitative estimate of drug-likeness (QED) is 0.644. The van der Waals surface area contributed by atoms with E-state index in [0.29, 0.717) is 18.4 Å². The smallest absolute Gasteiger partial charge is 0.305 e. The van der Waals surface area contributed by atoms with E-state index in [1.807, 2.05) is 0 Å². The van der Waals surface area contributed by atoms with Crippen LogP contribution < -0.4 is 0 Å². The van der Waals surface area contributed by atoms with Crippen molar-refractivity contribution >= 4 is 11.8 Å². The second-order valence-electron chi connectivity index (χ2n) is 4.31. The minimum absolute atomic E-state index is 0.00565. The Bertz CT molecular complexity index is 440. The molecule has 0 aliphatic rings. The van der Waals surface area contributed by atoms with Gasteiger partial charge in [0.05, 0.1) is 7.11 Å². The summed E-state index contributed by atoms with van der Waals surface area (Å²) in [6.45, 7) is 3.58. The number of Topliss-reactive ketones (excluding diaryl/α,β-unsaturated/α-hetero) is 1. The molecule has 4 heteroatoms. The summed E-state index contributed by atoms with van der Waals surface area (Å²) in [4.78, 5) is 23.0. The van der Waals surface area contributed by atoms with Gasteiger partial charge in [-0.3, -0.25) is 9.59 Å². The highest BCUT2D eigenvalue weighted by atomic mass is 16.5. The van der Waals surface area contributed by atoms with Gasteiger partial charge in [0.1, 0.15) is 5.75 Å². The fourth-order valence-corrected chi connectivity index (χ4v) is 2.00. The van der Waals surface area contributed by atoms with Gasteiger partial charge >= 0.3 is 5.97 Å². The van der Waals surface area contributed by atoms with Crippen LogP contribution in [-0.4, -0.2) is 24.0 Å². The summed E-state index contributed by atoms with van der Waals surface area (Å²) >= 11 is 0. The molecule has 0 bridgehead atoms. The largest absolute Gasteiger partial charge is 0.508 e. The van der Waals surface area contributed by atoms with Crippen LogP contribution in [-0.2, 0) is 9.53 Å². The maximum absolute atomic E-state index is 12.0. The van der Waals surface area contributed by atoms with Crippen LogP contribution in [0.3, 0.4) is 0 Å². The lowest BCUT2D eigenvalue weighted by Crippen LogP contribution is -2.06. The van der Waals surface area contributed by atoms with Crippen LogP contribution in [0.25, 0.3) is 0 Å². The van der Waals surface area contributed by atoms with E-state index < -0.39 is 0 Å². The number of carbonyl (C=O) groups is 2. The van der Waals surface area contributed by atoms with Gasteiger partial charge in [-0.15, -0.1) is 0 Å². The van der Waals surface area contributed by atoms with Crippen LogP contribution >= 0.6 is 0 Å². The normalized spacial score (nSPS) is 10.2. The SMILES string of the molecule is COC(=O)CCCC(=O)c1c(C)cc(O)cc1C. The molecule has 1 aromatic carbocycles. The van der Waals surface area contributed by atoms with Gasteiger partial charge < -0.3 is 9.84 Å². The van der Waals surface area contributed by atoms with Crippen molar-refractivity contribution in [2.45, 2.75) is 33.1 Å². The van der Waals surface area contributed by atoms with E-state index in [0.717, 1.165) is 11.1 Å². The summed E-state index contributed by atoms with van der Waals surface area (Å²) in [5.74, 6) is -0.146. The molecule has 4 nitrogen and oxygen atoms in total. The molecule has 0 atom stereocenters. The number of aromatic hydroxyl groups is 1. The van der Waals surface area contributed by atoms with Crippen molar-refractivity contribution in [3.05, 3.63) is 28.8 Å². The number of carbonyl (C=O) groups excluding carboxylic acids is 2. The standard InChI is InChI=1S/C14H18O4/c1-9-7-11(15)8-10(2)14(9)12(16)5-4-6-13(17)18-3/h7-8,15H,4-6H2,1-3H3. The predicted octanol–water partition coefficient (Wildman–Crippen LogP) is 2.54. The Labute approximate surface area is 107 Å². The average Bonchev–Trinajstić information content (AvgIpc) is 2.27. The number of benzene rings is 1. The Morgan fingerprint density at radius 1 is 1.17 bits per heavy atom. The fraction of sp³-hybridized carbons (Fsp3) is 0.429. The van der Waals surface area contributed by atoms with Gasteiger partial charge in [0.2, 0.25) is 0 Å². The van der Waals surface area contributed by atoms with E-state index >= 15 is 0 Å². The molecular formula is C14H18O4. The third-order valence-corrected chi connectivity index (χ3v) is 2.81. The molecule has 0 fully saturated rings. The maximum Gasteiger partial charge on any atom is 0.305 e. The van der Waals surface area contributed by atoms with Gasteiger partial charge in [0.15, 0.2) is 5.78 Å². The zero-order valence-electron chi connectivity index (χ0n) is 10.9. The minimum Gasteiger partial charge on any atom is -0.508 e. The summed E-state index contributed by atoms with van der Waals surface area (Å²) in [6, 6.07) is 3.14. The van der Waals surface area contributed by atoms with Crippen molar-refractivity contribution in [2.24, 2.45) is 0 Å². The minimum atomic E-state index is -0.304. The number of phenols is 1. The molecule has 0 saturated carbocycles. The molecular weight excluding hydrogens is 232 g/mol. The van der Waals surface area contributed by atoms with Gasteiger partial charge in [-0.2, -0.15) is 0 Å². The average molecular weight is 250 g/mol. The zero-order chi connectivity index (χ0) is 13.7. The predicted molar refractivity (Wildman–Crippen MR) is 67.8 cm³/mol. The van der Waals surface area contributed by atoms with E-state index in [-0.39, 0.29) is 23.9 Å². The van der Waals surface area contributed by atoms with Gasteiger partial charge in [0, 0.05) is 18.4 Å². The molecule has 0 radical (unpaired) electrons. The summed E-state index contributed by atoms with van der Waals surface area (Å²) in [5.41, 5.74) is 2.16. The first-order chi connectivity index (χ1) is 8.45. The van der Waals surface area contributed by atoms with Crippen molar-refractivity contribution in [3.63, 3.8) is 0 Å². The van der Waals surface area contributed by atoms with Gasteiger partial charge in [-0.1, -0.05) is 0 Å². The second kappa shape index (κ2) is 6.19. The molecule has 0 heterocycles. The van der Waals surface area contributed by atoms with Crippen LogP contribution in [0, 0.1) is 13.8 Å². The van der Waals surface area contributed by atoms with Crippen LogP contribution in [0.5, 0.6) is 5.75 Å². The van der Waals surface area contributed by atoms with Crippen LogP contribution in [0.2, 0.25) is 0 Å². The zero-order valence-corrected chi connectivity index (χ0v) is 10.9. The van der Waals surface area contributed by atoms with Crippen LogP contribution in [0.1, 0.15) is 40.7 Å². The molecule has 0 amide bonds. The first-order valence-corrected chi connectivity index (χ1v) is 5.86. The number of hydrogen-bond donors (Lipinski definition) is 1. The van der Waals surface area contributed by atoms with Crippen molar-refractivity contribution < 1.29 is 19.4 Å². The number of aryl methyl sites for hydroxylation is 2. The number of ketones is 1. The van der Waals surface area contributed by atoms with Crippen LogP contribution in [0.4, 0.5) is 0 Å². The summed E-state index contributed by atoms with van der Waals surface area (Å²) in [5, 5.41) is 9.41. The fourth-order valence-electron chi connectivity index (χ4n) is 2.00. The number of ether oxygens (including phenoxy) is 1. The highest BCUT2D eigenvalue weighted by Gasteiger charge is 2.13. The van der Waals surface area contributed by atoms with E-state index in [1.165, 1.54) is 7.11 Å². The second-order valence-corrected chi connectivity index (χ2v) is 4.31. The molecule has 0 saturated heterocycles. The highest BCUT2D eigenvalue weighted by Crippen LogP contribution is 2.22. The highest BCUT2D eigenvalue weighted by molar-refractivity contribution is 5.99. The maximum atomic E-state index is 12.0. The Hall–Kier alpha value is -1.84. The summed E-state index contributed by atoms with van der Waals surface area (Å²) in [7, 11) is 1.33. The molecule has 1 rings (SSSR count). The topological polar surface area (TPSA) is 63.6 Å². The Kier molecular flexibility index (Phi) is 4.89. The Morgan fingerprint density at radius 3 is 2.22 bits per heavy atom. The lowest BCUT2D eigenvalue weighted by molar-refractivity contribution is -0.140. The molecule has 0 spiro atoms. The van der Waals surface area contributed by atoms with Gasteiger partial charge in [-0.05, 0) is 43.5 Å². The van der Waals surface area contributed by atoms with E-state index in [1.54, 1.807) is 26.0 Å². The first-order valence-electron chi connectivity index (χ1n) is 5.86. The molecule has 98 valence electrons. The van der Waals surface area contributed by atoms with Gasteiger partial charge in [0.25, 0.3) is 0 Å². The van der Waals surface area contributed by atoms with Crippen molar-refractivity contribution in [1.82, 2.24) is 0 Å². The van der Waals surface area contributed by atoms with E-state index in [4.69, 9.17) is 0 Å². The Balaban J connectivity index is 2.70. The summed E-state index contributed by atoms with van der Waals surface area (Å²) in [6.07, 6.45) is 1.03. The molecule has 0 aromatic heterocycles. The summed E-state index contributed by atoms with van der Waals surface area (Å²) < 4.78 is 4.52. The van der Waals surface area contributed by atoms with Crippen molar-refractivity contribution in [3.8, 4) is 5.75 Å². The first kappa shape index (κ1) is 14.2. The molecule has 0 aliphatic carbocycles. The lowest BCUT2D eigenvalue weighted by Gasteiger charge is -2.09. The lowest BCUT2D eigenvalue weighted by atomic mass is 9.96. The van der Waals surface area contributed by atoms with E-state index in [2.05, 4.69) is 4.74 Å². The third kappa shape index (κ3) is 3.58. The Morgan fingerprint density at radius 2 is 1.72 bits per heavy atom. The monoisotopic (exact) mass is 250 g/mol. The number of esters is 1. The molecule has 1 N–H and O–H groups in total. The number of rotatable bonds is 5. The van der Waals surface area contributed by atoms with Gasteiger partial charge in [-0.25, -0.2) is 0 Å². The number of phenolic OH excluding ortho intramolecular Hbond substituents is 1.